The van der Waals surface area contributed by atoms with Crippen molar-refractivity contribution in [3.63, 3.8) is 0 Å². The number of tetrazole rings is 1. The van der Waals surface area contributed by atoms with Crippen molar-refractivity contribution < 1.29 is 19.0 Å². The average molecular weight is 464 g/mol. The Labute approximate surface area is 198 Å². The molecule has 0 bridgehead atoms. The third-order valence-corrected chi connectivity index (χ3v) is 5.66. The maximum absolute atomic E-state index is 13.3. The zero-order chi connectivity index (χ0) is 23.9. The van der Waals surface area contributed by atoms with Gasteiger partial charge < -0.3 is 19.5 Å². The number of methoxy groups -OCH3 is 1. The highest BCUT2D eigenvalue weighted by molar-refractivity contribution is 5.92. The number of fused-ring (bicyclic) bond motifs is 1. The zero-order valence-corrected chi connectivity index (χ0v) is 19.7. The third-order valence-electron chi connectivity index (χ3n) is 5.66. The van der Waals surface area contributed by atoms with Gasteiger partial charge in [0.2, 0.25) is 5.95 Å². The van der Waals surface area contributed by atoms with Crippen LogP contribution in [0.2, 0.25) is 0 Å². The van der Waals surface area contributed by atoms with Crippen molar-refractivity contribution in [3.8, 4) is 11.5 Å². The first-order chi connectivity index (χ1) is 16.6. The predicted octanol–water partition coefficient (Wildman–Crippen LogP) is 4.28. The van der Waals surface area contributed by atoms with E-state index in [4.69, 9.17) is 14.2 Å². The molecular formula is C25H29N5O4. The Balaban J connectivity index is 1.63. The minimum absolute atomic E-state index is 0.166. The van der Waals surface area contributed by atoms with Crippen LogP contribution in [0.4, 0.5) is 5.95 Å². The molecule has 9 heteroatoms. The lowest BCUT2D eigenvalue weighted by atomic mass is 9.95. The Morgan fingerprint density at radius 2 is 1.94 bits per heavy atom. The van der Waals surface area contributed by atoms with Gasteiger partial charge in [-0.2, -0.15) is 4.68 Å². The number of hydrogen-bond acceptors (Lipinski definition) is 8. The summed E-state index contributed by atoms with van der Waals surface area (Å²) < 4.78 is 18.8. The van der Waals surface area contributed by atoms with Gasteiger partial charge in [-0.1, -0.05) is 61.3 Å². The standard InChI is InChI=1S/C25H29N5O4/c1-4-5-9-14-33-20-13-12-19(15-21(20)32-3)23-22(17(2)26-25-27-28-29-30(23)25)24(31)34-16-18-10-7-6-8-11-18/h6-8,10-13,15,23H,4-5,9,14,16H2,1-3H3,(H,26,27,29). The molecule has 0 amide bonds. The quantitative estimate of drug-likeness (QED) is 0.351. The molecule has 0 spiro atoms. The lowest BCUT2D eigenvalue weighted by Crippen LogP contribution is -2.29. The molecule has 1 unspecified atom stereocenters. The zero-order valence-electron chi connectivity index (χ0n) is 19.7. The van der Waals surface area contributed by atoms with Gasteiger partial charge in [0.25, 0.3) is 0 Å². The smallest absolute Gasteiger partial charge is 0.338 e. The predicted molar refractivity (Wildman–Crippen MR) is 127 cm³/mol. The molecule has 2 aromatic carbocycles. The molecule has 1 aliphatic heterocycles. The van der Waals surface area contributed by atoms with Gasteiger partial charge in [-0.05, 0) is 47.0 Å². The molecule has 0 aliphatic carbocycles. The van der Waals surface area contributed by atoms with E-state index in [1.165, 1.54) is 0 Å². The molecule has 34 heavy (non-hydrogen) atoms. The van der Waals surface area contributed by atoms with E-state index in [0.717, 1.165) is 30.4 Å². The maximum atomic E-state index is 13.3. The highest BCUT2D eigenvalue weighted by Crippen LogP contribution is 2.38. The number of allylic oxidation sites excluding steroid dienone is 1. The molecule has 4 rings (SSSR count). The van der Waals surface area contributed by atoms with Crippen LogP contribution in [0.1, 0.15) is 50.3 Å². The van der Waals surface area contributed by atoms with Gasteiger partial charge in [-0.25, -0.2) is 4.79 Å². The summed E-state index contributed by atoms with van der Waals surface area (Å²) in [4.78, 5) is 13.3. The summed E-state index contributed by atoms with van der Waals surface area (Å²) >= 11 is 0. The average Bonchev–Trinajstić information content (AvgIpc) is 3.33. The molecule has 1 N–H and O–H groups in total. The van der Waals surface area contributed by atoms with Crippen LogP contribution in [0.5, 0.6) is 11.5 Å². The second-order valence-corrected chi connectivity index (χ2v) is 8.04. The van der Waals surface area contributed by atoms with E-state index >= 15 is 0 Å². The molecule has 0 saturated carbocycles. The van der Waals surface area contributed by atoms with Gasteiger partial charge in [-0.15, -0.1) is 0 Å². The van der Waals surface area contributed by atoms with Crippen molar-refractivity contribution in [2.24, 2.45) is 0 Å². The van der Waals surface area contributed by atoms with Gasteiger partial charge in [0.15, 0.2) is 11.5 Å². The Kier molecular flexibility index (Phi) is 7.41. The molecule has 1 aromatic heterocycles. The van der Waals surface area contributed by atoms with Gasteiger partial charge >= 0.3 is 5.97 Å². The van der Waals surface area contributed by atoms with Gasteiger partial charge in [0.05, 0.1) is 19.3 Å². The minimum Gasteiger partial charge on any atom is -0.493 e. The lowest BCUT2D eigenvalue weighted by Gasteiger charge is -2.28. The van der Waals surface area contributed by atoms with Crippen molar-refractivity contribution in [3.05, 3.63) is 70.9 Å². The summed E-state index contributed by atoms with van der Waals surface area (Å²) in [6.07, 6.45) is 3.21. The van der Waals surface area contributed by atoms with E-state index in [-0.39, 0.29) is 6.61 Å². The van der Waals surface area contributed by atoms with Gasteiger partial charge in [0.1, 0.15) is 12.6 Å². The molecule has 9 nitrogen and oxygen atoms in total. The number of anilines is 1. The third kappa shape index (κ3) is 5.03. The molecule has 1 atom stereocenters. The number of benzene rings is 2. The van der Waals surface area contributed by atoms with Crippen molar-refractivity contribution in [2.45, 2.75) is 45.8 Å². The van der Waals surface area contributed by atoms with Crippen LogP contribution in [0.25, 0.3) is 0 Å². The van der Waals surface area contributed by atoms with E-state index in [9.17, 15) is 4.79 Å². The number of ether oxygens (including phenoxy) is 3. The lowest BCUT2D eigenvalue weighted by molar-refractivity contribution is -0.140. The summed E-state index contributed by atoms with van der Waals surface area (Å²) in [5.74, 6) is 1.23. The number of carbonyl (C=O) groups excluding carboxylic acids is 1. The molecule has 3 aromatic rings. The van der Waals surface area contributed by atoms with Crippen LogP contribution < -0.4 is 14.8 Å². The van der Waals surface area contributed by atoms with Gasteiger partial charge in [-0.3, -0.25) is 0 Å². The summed E-state index contributed by atoms with van der Waals surface area (Å²) in [7, 11) is 1.60. The second-order valence-electron chi connectivity index (χ2n) is 8.04. The second kappa shape index (κ2) is 10.8. The highest BCUT2D eigenvalue weighted by atomic mass is 16.5. The molecule has 0 saturated heterocycles. The largest absolute Gasteiger partial charge is 0.493 e. The molecule has 0 radical (unpaired) electrons. The normalized spacial score (nSPS) is 14.9. The number of nitrogens with one attached hydrogen (secondary N) is 1. The Hall–Kier alpha value is -3.88. The first-order valence-corrected chi connectivity index (χ1v) is 11.4. The molecule has 2 heterocycles. The first-order valence-electron chi connectivity index (χ1n) is 11.4. The van der Waals surface area contributed by atoms with Crippen LogP contribution in [-0.4, -0.2) is 39.9 Å². The van der Waals surface area contributed by atoms with Crippen LogP contribution in [0, 0.1) is 0 Å². The summed E-state index contributed by atoms with van der Waals surface area (Å²) in [5, 5.41) is 15.0. The molecular weight excluding hydrogens is 434 g/mol. The number of unbranched alkanes of at least 4 members (excludes halogenated alkanes) is 2. The fourth-order valence-electron chi connectivity index (χ4n) is 3.89. The Morgan fingerprint density at radius 1 is 1.12 bits per heavy atom. The Bertz CT molecular complexity index is 1160. The Morgan fingerprint density at radius 3 is 2.71 bits per heavy atom. The minimum atomic E-state index is -0.586. The summed E-state index contributed by atoms with van der Waals surface area (Å²) in [6, 6.07) is 14.6. The van der Waals surface area contributed by atoms with E-state index in [0.29, 0.717) is 35.3 Å². The number of aromatic nitrogens is 4. The van der Waals surface area contributed by atoms with Crippen LogP contribution >= 0.6 is 0 Å². The van der Waals surface area contributed by atoms with Crippen molar-refractivity contribution in [1.29, 1.82) is 0 Å². The highest BCUT2D eigenvalue weighted by Gasteiger charge is 2.35. The number of nitrogens with zero attached hydrogens (tertiary/aromatic N) is 4. The fourth-order valence-corrected chi connectivity index (χ4v) is 3.89. The van der Waals surface area contributed by atoms with Crippen molar-refractivity contribution >= 4 is 11.9 Å². The topological polar surface area (TPSA) is 100 Å². The molecule has 178 valence electrons. The molecule has 0 fully saturated rings. The monoisotopic (exact) mass is 463 g/mol. The van der Waals surface area contributed by atoms with E-state index < -0.39 is 12.0 Å². The van der Waals surface area contributed by atoms with E-state index in [1.54, 1.807) is 11.8 Å². The number of esters is 1. The number of carbonyl (C=O) groups is 1. The summed E-state index contributed by atoms with van der Waals surface area (Å²) in [5.41, 5.74) is 2.74. The van der Waals surface area contributed by atoms with Crippen LogP contribution in [0.15, 0.2) is 59.8 Å². The van der Waals surface area contributed by atoms with E-state index in [1.807, 2.05) is 55.5 Å². The van der Waals surface area contributed by atoms with Crippen molar-refractivity contribution in [2.75, 3.05) is 19.0 Å². The van der Waals surface area contributed by atoms with Crippen LogP contribution in [0.3, 0.4) is 0 Å². The fraction of sp³-hybridized carbons (Fsp3) is 0.360. The molecule has 1 aliphatic rings. The van der Waals surface area contributed by atoms with E-state index in [2.05, 4.69) is 27.8 Å². The SMILES string of the molecule is CCCCCOc1ccc(C2C(C(=O)OCc3ccccc3)=C(C)Nc3nnnn32)cc1OC. The van der Waals surface area contributed by atoms with Crippen LogP contribution in [-0.2, 0) is 16.1 Å². The van der Waals surface area contributed by atoms with Crippen molar-refractivity contribution in [1.82, 2.24) is 20.2 Å². The first kappa shape index (κ1) is 23.3. The maximum Gasteiger partial charge on any atom is 0.338 e. The van der Waals surface area contributed by atoms with Gasteiger partial charge in [0, 0.05) is 5.70 Å². The number of hydrogen-bond donors (Lipinski definition) is 1. The number of rotatable bonds is 10. The summed E-state index contributed by atoms with van der Waals surface area (Å²) in [6.45, 7) is 4.75.